The monoisotopic (exact) mass is 1280 g/mol. The van der Waals surface area contributed by atoms with E-state index in [2.05, 4.69) is 361 Å². The van der Waals surface area contributed by atoms with E-state index in [-0.39, 0.29) is 0 Å². The molecule has 492 valence electrons. The summed E-state index contributed by atoms with van der Waals surface area (Å²) in [6.45, 7) is 34.3. The zero-order chi connectivity index (χ0) is 72.7. The molecule has 0 aliphatic heterocycles. The normalized spacial score (nSPS) is 11.1. The van der Waals surface area contributed by atoms with E-state index in [1.54, 1.807) is 12.1 Å². The lowest BCUT2D eigenvalue weighted by Gasteiger charge is -2.08. The summed E-state index contributed by atoms with van der Waals surface area (Å²) >= 11 is 0. The topological polar surface area (TPSA) is 23.3 Å². The van der Waals surface area contributed by atoms with Crippen LogP contribution in [0.3, 0.4) is 0 Å². The Kier molecular flexibility index (Phi) is 24.1. The Morgan fingerprint density at radius 3 is 0.885 bits per heavy atom. The molecule has 0 aliphatic carbocycles. The largest absolute Gasteiger partial charge is 0.215 e. The number of pyridine rings is 6. The molecule has 0 bridgehead atoms. The first-order valence-corrected chi connectivity index (χ1v) is 33.5. The van der Waals surface area contributed by atoms with Crippen LogP contribution >= 0.6 is 0 Å². The van der Waals surface area contributed by atoms with Crippen LogP contribution in [0, 0.1) is 125 Å². The van der Waals surface area contributed by atoms with Gasteiger partial charge in [0.25, 0.3) is 0 Å². The zero-order valence-corrected chi connectivity index (χ0v) is 62.0. The van der Waals surface area contributed by atoms with Crippen LogP contribution in [0.4, 0.5) is 0 Å². The lowest BCUT2D eigenvalue weighted by Crippen LogP contribution is -2.35. The highest BCUT2D eigenvalue weighted by Crippen LogP contribution is 2.28. The first kappa shape index (κ1) is 69.1. The van der Waals surface area contributed by atoms with Crippen LogP contribution < -0.4 is 27.4 Å². The number of aryl methyl sites for hydroxylation is 18. The molecule has 0 fully saturated rings. The Morgan fingerprint density at radius 1 is 0.208 bits per heavy atom. The maximum Gasteiger partial charge on any atom is 0.215 e. The van der Waals surface area contributed by atoms with Crippen LogP contribution in [0.15, 0.2) is 218 Å². The summed E-state index contributed by atoms with van der Waals surface area (Å²) in [6.07, 6.45) is 0. The Balaban J connectivity index is 0.000000167. The third-order valence-electron chi connectivity index (χ3n) is 18.9. The SMILES string of the molecule is Cc1ccc(C)c(-c2cccc(C)[n+]2C)c1.Cc1ccc(C)c(-c2cccc(C)[n+]2C)c1.Cc1cccc(C)c1-c1cccc(C)[n+]1C.Cc1cccc(C)c1-c1cccc(C)[n+]1C.Cc1ccccc1-c1c(C)ccc(C)[n+]1C.[2H]C([2H])([2H])c1ccc(-c2cccc(C)[n+]2C)c(C)c1. The van der Waals surface area contributed by atoms with Crippen molar-refractivity contribution in [2.45, 2.75) is 125 Å². The van der Waals surface area contributed by atoms with Crippen LogP contribution in [0.5, 0.6) is 0 Å². The Bertz CT molecular complexity index is 4580. The molecule has 0 unspecified atom stereocenters. The van der Waals surface area contributed by atoms with E-state index in [9.17, 15) is 0 Å². The van der Waals surface area contributed by atoms with Gasteiger partial charge in [0.2, 0.25) is 34.2 Å². The van der Waals surface area contributed by atoms with Crippen molar-refractivity contribution in [1.82, 2.24) is 0 Å². The second-order valence-corrected chi connectivity index (χ2v) is 26.1. The van der Waals surface area contributed by atoms with Gasteiger partial charge in [-0.1, -0.05) is 108 Å². The number of hydrogen-bond acceptors (Lipinski definition) is 0. The minimum absolute atomic E-state index is 0.393. The molecule has 0 N–H and O–H groups in total. The molecule has 6 nitrogen and oxygen atoms in total. The van der Waals surface area contributed by atoms with E-state index >= 15 is 0 Å². The van der Waals surface area contributed by atoms with Crippen molar-refractivity contribution in [3.05, 3.63) is 319 Å². The fourth-order valence-electron chi connectivity index (χ4n) is 12.3. The Morgan fingerprint density at radius 2 is 0.510 bits per heavy atom. The fraction of sp³-hybridized carbons (Fsp3) is 0.267. The highest BCUT2D eigenvalue weighted by molar-refractivity contribution is 5.68. The van der Waals surface area contributed by atoms with Gasteiger partial charge in [0.15, 0.2) is 34.2 Å². The number of nitrogens with zero attached hydrogens (tertiary/aromatic N) is 6. The molecule has 0 radical (unpaired) electrons. The summed E-state index contributed by atoms with van der Waals surface area (Å²) in [6, 6.07) is 76.2. The van der Waals surface area contributed by atoms with Gasteiger partial charge in [-0.25, -0.2) is 0 Å². The van der Waals surface area contributed by atoms with Crippen molar-refractivity contribution >= 4 is 0 Å². The fourth-order valence-corrected chi connectivity index (χ4v) is 12.3. The smallest absolute Gasteiger partial charge is 0.199 e. The van der Waals surface area contributed by atoms with Gasteiger partial charge in [-0.05, 0) is 188 Å². The number of aromatic nitrogens is 6. The maximum atomic E-state index is 7.45. The molecule has 0 saturated heterocycles. The van der Waals surface area contributed by atoms with Gasteiger partial charge in [0.05, 0.1) is 11.1 Å². The van der Waals surface area contributed by atoms with Crippen molar-refractivity contribution in [1.29, 1.82) is 0 Å². The quantitative estimate of drug-likeness (QED) is 0.148. The van der Waals surface area contributed by atoms with Gasteiger partial charge < -0.3 is 0 Å². The lowest BCUT2D eigenvalue weighted by atomic mass is 9.99. The highest BCUT2D eigenvalue weighted by atomic mass is 15.0. The molecule has 6 aromatic carbocycles. The van der Waals surface area contributed by atoms with Crippen LogP contribution in [0.1, 0.15) is 105 Å². The van der Waals surface area contributed by atoms with E-state index in [1.165, 1.54) is 140 Å². The zero-order valence-electron chi connectivity index (χ0n) is 65.0. The first-order chi connectivity index (χ1) is 46.8. The number of benzene rings is 6. The summed E-state index contributed by atoms with van der Waals surface area (Å²) in [5, 5.41) is 0. The molecule has 0 amide bonds. The van der Waals surface area contributed by atoms with Gasteiger partial charge in [-0.15, -0.1) is 0 Å². The number of hydrogen-bond donors (Lipinski definition) is 0. The predicted octanol–water partition coefficient (Wildman–Crippen LogP) is 18.6. The molecule has 12 aromatic rings. The Hall–Kier alpha value is -9.78. The van der Waals surface area contributed by atoms with Crippen LogP contribution in [-0.2, 0) is 42.3 Å². The molecule has 6 aromatic heterocycles. The maximum absolute atomic E-state index is 7.45. The van der Waals surface area contributed by atoms with E-state index in [0.29, 0.717) is 5.56 Å². The van der Waals surface area contributed by atoms with Gasteiger partial charge in [-0.3, -0.25) is 0 Å². The highest BCUT2D eigenvalue weighted by Gasteiger charge is 2.21. The summed E-state index contributed by atoms with van der Waals surface area (Å²) in [5.41, 5.74) is 37.5. The van der Waals surface area contributed by atoms with Crippen molar-refractivity contribution < 1.29 is 31.5 Å². The van der Waals surface area contributed by atoms with Gasteiger partial charge in [0, 0.05) is 140 Å². The Labute approximate surface area is 582 Å². The average molecular weight is 1280 g/mol. The van der Waals surface area contributed by atoms with Crippen LogP contribution in [0.25, 0.3) is 67.5 Å². The summed E-state index contributed by atoms with van der Waals surface area (Å²) < 4.78 is 35.7. The molecule has 0 saturated carbocycles. The predicted molar refractivity (Wildman–Crippen MR) is 404 cm³/mol. The summed E-state index contributed by atoms with van der Waals surface area (Å²) in [4.78, 5) is 0. The van der Waals surface area contributed by atoms with Gasteiger partial charge in [-0.2, -0.15) is 27.4 Å². The lowest BCUT2D eigenvalue weighted by molar-refractivity contribution is -0.667. The molecular formula is C90H108N6+6. The second kappa shape index (κ2) is 33.6. The van der Waals surface area contributed by atoms with E-state index < -0.39 is 6.85 Å². The molecule has 0 spiro atoms. The van der Waals surface area contributed by atoms with Gasteiger partial charge in [0.1, 0.15) is 42.3 Å². The first-order valence-electron chi connectivity index (χ1n) is 35.0. The van der Waals surface area contributed by atoms with E-state index in [0.717, 1.165) is 22.5 Å². The molecule has 12 rings (SSSR count). The van der Waals surface area contributed by atoms with E-state index in [1.807, 2.05) is 32.2 Å². The standard InChI is InChI=1S/6C15H18N/c2*1-11-7-5-8-12(2)15(11)14-10-6-9-13(3)16(14)4;1-11-8-9-14(12(2)10-11)15-7-5-6-13(3)16(15)4;2*1-11-8-9-12(2)14(10-11)15-7-5-6-13(3)16(15)4;1-11-7-5-6-8-14(11)15-12(2)9-10-13(3)16(15)4/h6*5-10H,1-4H3/q6*+1/i;;1D3;;;. The van der Waals surface area contributed by atoms with Crippen molar-refractivity contribution in [3.8, 4) is 67.5 Å². The summed E-state index contributed by atoms with van der Waals surface area (Å²) in [5.74, 6) is 0. The van der Waals surface area contributed by atoms with Gasteiger partial charge >= 0.3 is 0 Å². The van der Waals surface area contributed by atoms with E-state index in [4.69, 9.17) is 4.11 Å². The molecule has 0 atom stereocenters. The third kappa shape index (κ3) is 18.2. The average Bonchev–Trinajstić information content (AvgIpc) is 0.840. The van der Waals surface area contributed by atoms with Crippen molar-refractivity contribution in [3.63, 3.8) is 0 Å². The minimum Gasteiger partial charge on any atom is -0.199 e. The molecule has 0 aliphatic rings. The molecule has 6 heterocycles. The van der Waals surface area contributed by atoms with Crippen molar-refractivity contribution in [2.24, 2.45) is 42.3 Å². The molecular weight excluding hydrogens is 1170 g/mol. The molecule has 96 heavy (non-hydrogen) atoms. The second-order valence-electron chi connectivity index (χ2n) is 26.1. The van der Waals surface area contributed by atoms with Crippen LogP contribution in [0.2, 0.25) is 0 Å². The van der Waals surface area contributed by atoms with Crippen LogP contribution in [-0.4, -0.2) is 0 Å². The summed E-state index contributed by atoms with van der Waals surface area (Å²) in [7, 11) is 12.6. The minimum atomic E-state index is -2.04. The molecule has 6 heteroatoms. The van der Waals surface area contributed by atoms with Crippen molar-refractivity contribution in [2.75, 3.05) is 0 Å². The third-order valence-corrected chi connectivity index (χ3v) is 18.9. The number of rotatable bonds is 6.